The highest BCUT2D eigenvalue weighted by Gasteiger charge is 2.01. The molecule has 0 unspecified atom stereocenters. The Kier molecular flexibility index (Phi) is 5.56. The van der Waals surface area contributed by atoms with Crippen LogP contribution in [0.3, 0.4) is 0 Å². The van der Waals surface area contributed by atoms with E-state index in [0.29, 0.717) is 11.3 Å². The van der Waals surface area contributed by atoms with Crippen molar-refractivity contribution in [2.24, 2.45) is 0 Å². The van der Waals surface area contributed by atoms with Crippen molar-refractivity contribution < 1.29 is 13.9 Å². The first-order valence-electron chi connectivity index (χ1n) is 6.85. The van der Waals surface area contributed by atoms with Gasteiger partial charge in [-0.2, -0.15) is 0 Å². The van der Waals surface area contributed by atoms with E-state index >= 15 is 0 Å². The van der Waals surface area contributed by atoms with Crippen LogP contribution in [-0.2, 0) is 4.79 Å². The maximum Gasteiger partial charge on any atom is 0.258 e. The fourth-order valence-electron chi connectivity index (χ4n) is 1.75. The Balaban J connectivity index is 1.76. The van der Waals surface area contributed by atoms with E-state index in [0.717, 1.165) is 5.56 Å². The number of halogens is 1. The fourth-order valence-corrected chi connectivity index (χ4v) is 1.75. The number of ether oxygens (including phenoxy) is 1. The van der Waals surface area contributed by atoms with Crippen LogP contribution < -0.4 is 10.1 Å². The molecule has 1 N–H and O–H groups in total. The van der Waals surface area contributed by atoms with Crippen molar-refractivity contribution in [3.8, 4) is 17.6 Å². The molecule has 4 heteroatoms. The molecule has 22 heavy (non-hydrogen) atoms. The lowest BCUT2D eigenvalue weighted by molar-refractivity contribution is -0.122. The van der Waals surface area contributed by atoms with Crippen molar-refractivity contribution in [3.05, 3.63) is 65.5 Å². The number of hydrogen-bond acceptors (Lipinski definition) is 2. The smallest absolute Gasteiger partial charge is 0.258 e. The third kappa shape index (κ3) is 4.95. The highest BCUT2D eigenvalue weighted by molar-refractivity contribution is 5.77. The summed E-state index contributed by atoms with van der Waals surface area (Å²) in [6.45, 7) is 2.01. The second-order valence-electron chi connectivity index (χ2n) is 4.66. The van der Waals surface area contributed by atoms with Crippen LogP contribution in [0.1, 0.15) is 11.1 Å². The minimum absolute atomic E-state index is 0.0785. The molecule has 0 aromatic heterocycles. The van der Waals surface area contributed by atoms with Crippen LogP contribution in [0.2, 0.25) is 0 Å². The first-order valence-corrected chi connectivity index (χ1v) is 6.85. The standard InChI is InChI=1S/C18H16FNO2/c1-14-6-4-9-16(12-14)22-13-18(21)20-11-5-8-15-7-2-3-10-17(15)19/h2-4,6-7,9-10,12H,11,13H2,1H3,(H,20,21). The third-order valence-electron chi connectivity index (χ3n) is 2.83. The monoisotopic (exact) mass is 297 g/mol. The van der Waals surface area contributed by atoms with Crippen LogP contribution in [0.5, 0.6) is 5.75 Å². The highest BCUT2D eigenvalue weighted by atomic mass is 19.1. The highest BCUT2D eigenvalue weighted by Crippen LogP contribution is 2.11. The molecule has 0 atom stereocenters. The van der Waals surface area contributed by atoms with E-state index in [1.807, 2.05) is 25.1 Å². The van der Waals surface area contributed by atoms with Gasteiger partial charge in [0.1, 0.15) is 11.6 Å². The van der Waals surface area contributed by atoms with Crippen molar-refractivity contribution in [2.75, 3.05) is 13.2 Å². The number of aryl methyl sites for hydroxylation is 1. The Labute approximate surface area is 129 Å². The first-order chi connectivity index (χ1) is 10.6. The molecule has 0 radical (unpaired) electrons. The van der Waals surface area contributed by atoms with Crippen LogP contribution in [-0.4, -0.2) is 19.1 Å². The average Bonchev–Trinajstić information content (AvgIpc) is 2.51. The van der Waals surface area contributed by atoms with Crippen molar-refractivity contribution >= 4 is 5.91 Å². The average molecular weight is 297 g/mol. The van der Waals surface area contributed by atoms with Gasteiger partial charge in [0, 0.05) is 0 Å². The maximum atomic E-state index is 13.3. The number of hydrogen-bond donors (Lipinski definition) is 1. The second kappa shape index (κ2) is 7.84. The Morgan fingerprint density at radius 1 is 1.23 bits per heavy atom. The van der Waals surface area contributed by atoms with Gasteiger partial charge in [-0.15, -0.1) is 0 Å². The summed E-state index contributed by atoms with van der Waals surface area (Å²) >= 11 is 0. The van der Waals surface area contributed by atoms with E-state index in [9.17, 15) is 9.18 Å². The van der Waals surface area contributed by atoms with Crippen molar-refractivity contribution in [3.63, 3.8) is 0 Å². The molecular formula is C18H16FNO2. The van der Waals surface area contributed by atoms with Crippen LogP contribution in [0.15, 0.2) is 48.5 Å². The number of carbonyl (C=O) groups excluding carboxylic acids is 1. The van der Waals surface area contributed by atoms with E-state index in [-0.39, 0.29) is 24.9 Å². The lowest BCUT2D eigenvalue weighted by Crippen LogP contribution is -2.29. The second-order valence-corrected chi connectivity index (χ2v) is 4.66. The quantitative estimate of drug-likeness (QED) is 0.881. The Morgan fingerprint density at radius 3 is 2.82 bits per heavy atom. The summed E-state index contributed by atoms with van der Waals surface area (Å²) < 4.78 is 18.7. The van der Waals surface area contributed by atoms with Gasteiger partial charge < -0.3 is 10.1 Å². The molecule has 112 valence electrons. The van der Waals surface area contributed by atoms with Crippen LogP contribution in [0, 0.1) is 24.6 Å². The van der Waals surface area contributed by atoms with Crippen LogP contribution >= 0.6 is 0 Å². The minimum atomic E-state index is -0.371. The van der Waals surface area contributed by atoms with Gasteiger partial charge in [-0.05, 0) is 36.8 Å². The lowest BCUT2D eigenvalue weighted by Gasteiger charge is -2.06. The molecule has 0 aliphatic carbocycles. The molecule has 0 aliphatic rings. The number of benzene rings is 2. The minimum Gasteiger partial charge on any atom is -0.484 e. The predicted octanol–water partition coefficient (Wildman–Crippen LogP) is 2.68. The lowest BCUT2D eigenvalue weighted by atomic mass is 10.2. The molecule has 0 bridgehead atoms. The topological polar surface area (TPSA) is 38.3 Å². The van der Waals surface area contributed by atoms with Gasteiger partial charge in [0.25, 0.3) is 5.91 Å². The molecule has 3 nitrogen and oxygen atoms in total. The fraction of sp³-hybridized carbons (Fsp3) is 0.167. The summed E-state index contributed by atoms with van der Waals surface area (Å²) in [4.78, 5) is 11.6. The molecule has 2 rings (SSSR count). The van der Waals surface area contributed by atoms with E-state index < -0.39 is 0 Å². The van der Waals surface area contributed by atoms with E-state index in [1.54, 1.807) is 24.3 Å². The normalized spacial score (nSPS) is 9.55. The summed E-state index contributed by atoms with van der Waals surface area (Å²) in [5.74, 6) is 5.37. The summed E-state index contributed by atoms with van der Waals surface area (Å²) in [5, 5.41) is 2.60. The molecule has 0 spiro atoms. The van der Waals surface area contributed by atoms with Gasteiger partial charge in [0.05, 0.1) is 12.1 Å². The zero-order valence-corrected chi connectivity index (χ0v) is 12.2. The molecular weight excluding hydrogens is 281 g/mol. The maximum absolute atomic E-state index is 13.3. The van der Waals surface area contributed by atoms with Crippen molar-refractivity contribution in [1.82, 2.24) is 5.32 Å². The Morgan fingerprint density at radius 2 is 2.05 bits per heavy atom. The number of carbonyl (C=O) groups is 1. The molecule has 2 aromatic rings. The number of rotatable bonds is 4. The molecule has 0 saturated carbocycles. The molecule has 0 fully saturated rings. The third-order valence-corrected chi connectivity index (χ3v) is 2.83. The van der Waals surface area contributed by atoms with Crippen molar-refractivity contribution in [2.45, 2.75) is 6.92 Å². The van der Waals surface area contributed by atoms with Gasteiger partial charge >= 0.3 is 0 Å². The summed E-state index contributed by atoms with van der Waals surface area (Å²) in [5.41, 5.74) is 1.38. The van der Waals surface area contributed by atoms with E-state index in [4.69, 9.17) is 4.74 Å². The zero-order chi connectivity index (χ0) is 15.8. The predicted molar refractivity (Wildman–Crippen MR) is 83.0 cm³/mol. The Bertz CT molecular complexity index is 716. The molecule has 1 amide bonds. The molecule has 0 aliphatic heterocycles. The van der Waals surface area contributed by atoms with E-state index in [2.05, 4.69) is 17.2 Å². The number of nitrogens with one attached hydrogen (secondary N) is 1. The van der Waals surface area contributed by atoms with Gasteiger partial charge in [-0.3, -0.25) is 4.79 Å². The zero-order valence-electron chi connectivity index (χ0n) is 12.2. The summed E-state index contributed by atoms with van der Waals surface area (Å²) in [6.07, 6.45) is 0. The van der Waals surface area contributed by atoms with Crippen molar-refractivity contribution in [1.29, 1.82) is 0 Å². The molecule has 0 heterocycles. The first kappa shape index (κ1) is 15.6. The van der Waals surface area contributed by atoms with Gasteiger partial charge in [0.2, 0.25) is 0 Å². The van der Waals surface area contributed by atoms with Gasteiger partial charge in [0.15, 0.2) is 6.61 Å². The summed E-state index contributed by atoms with van der Waals surface area (Å²) in [6, 6.07) is 13.7. The van der Waals surface area contributed by atoms with Crippen LogP contribution in [0.25, 0.3) is 0 Å². The number of amides is 1. The largest absolute Gasteiger partial charge is 0.484 e. The molecule has 2 aromatic carbocycles. The summed E-state index contributed by atoms with van der Waals surface area (Å²) in [7, 11) is 0. The van der Waals surface area contributed by atoms with E-state index in [1.165, 1.54) is 6.07 Å². The van der Waals surface area contributed by atoms with Gasteiger partial charge in [-0.25, -0.2) is 4.39 Å². The molecule has 0 saturated heterocycles. The van der Waals surface area contributed by atoms with Crippen LogP contribution in [0.4, 0.5) is 4.39 Å². The van der Waals surface area contributed by atoms with Gasteiger partial charge in [-0.1, -0.05) is 36.1 Å². The SMILES string of the molecule is Cc1cccc(OCC(=O)NCC#Cc2ccccc2F)c1. The Hall–Kier alpha value is -2.80.